The van der Waals surface area contributed by atoms with Crippen LogP contribution in [0.2, 0.25) is 0 Å². The Morgan fingerprint density at radius 3 is 2.38 bits per heavy atom. The minimum atomic E-state index is -3.95. The standard InChI is InChI=1S/C22H24F2N2O5S/c1-13-9-14(2)21(15(3)10-13)32(29,30)26-8-4-5-19(26)22(28)31-12-20(27)25-16-6-7-17(23)18(24)11-16/h6-7,9-11,19H,4-5,8,12H2,1-3H3,(H,25,27). The van der Waals surface area contributed by atoms with Crippen LogP contribution in [-0.4, -0.2) is 43.8 Å². The quantitative estimate of drug-likeness (QED) is 0.660. The van der Waals surface area contributed by atoms with Crippen molar-refractivity contribution < 1.29 is 31.5 Å². The van der Waals surface area contributed by atoms with Crippen molar-refractivity contribution in [1.82, 2.24) is 4.31 Å². The van der Waals surface area contributed by atoms with Crippen LogP contribution in [0.15, 0.2) is 35.2 Å². The van der Waals surface area contributed by atoms with Gasteiger partial charge in [0, 0.05) is 18.3 Å². The van der Waals surface area contributed by atoms with Crippen LogP contribution in [0.25, 0.3) is 0 Å². The van der Waals surface area contributed by atoms with Gasteiger partial charge in [0.25, 0.3) is 5.91 Å². The van der Waals surface area contributed by atoms with Crippen molar-refractivity contribution in [1.29, 1.82) is 0 Å². The van der Waals surface area contributed by atoms with Gasteiger partial charge in [-0.05, 0) is 56.9 Å². The molecule has 2 aromatic rings. The van der Waals surface area contributed by atoms with Crippen molar-refractivity contribution in [2.75, 3.05) is 18.5 Å². The Hall–Kier alpha value is -2.85. The van der Waals surface area contributed by atoms with Crippen LogP contribution in [0.4, 0.5) is 14.5 Å². The molecule has 1 heterocycles. The zero-order chi connectivity index (χ0) is 23.6. The lowest BCUT2D eigenvalue weighted by molar-refractivity contribution is -0.150. The van der Waals surface area contributed by atoms with Gasteiger partial charge in [-0.3, -0.25) is 9.59 Å². The van der Waals surface area contributed by atoms with E-state index in [9.17, 15) is 26.8 Å². The van der Waals surface area contributed by atoms with Gasteiger partial charge in [-0.15, -0.1) is 0 Å². The number of anilines is 1. The third-order valence-corrected chi connectivity index (χ3v) is 7.41. The van der Waals surface area contributed by atoms with E-state index in [1.165, 1.54) is 0 Å². The number of aryl methyl sites for hydroxylation is 3. The number of benzene rings is 2. The number of carbonyl (C=O) groups excluding carboxylic acids is 2. The summed E-state index contributed by atoms with van der Waals surface area (Å²) in [7, 11) is -3.95. The fourth-order valence-electron chi connectivity index (χ4n) is 3.96. The zero-order valence-corrected chi connectivity index (χ0v) is 18.8. The van der Waals surface area contributed by atoms with Crippen molar-refractivity contribution >= 4 is 27.6 Å². The molecule has 10 heteroatoms. The normalized spacial score (nSPS) is 16.7. The monoisotopic (exact) mass is 466 g/mol. The first-order valence-electron chi connectivity index (χ1n) is 10.0. The Morgan fingerprint density at radius 2 is 1.75 bits per heavy atom. The molecule has 1 aliphatic rings. The molecule has 0 bridgehead atoms. The highest BCUT2D eigenvalue weighted by Crippen LogP contribution is 2.31. The van der Waals surface area contributed by atoms with E-state index >= 15 is 0 Å². The Morgan fingerprint density at radius 1 is 1.09 bits per heavy atom. The topological polar surface area (TPSA) is 92.8 Å². The number of sulfonamides is 1. The highest BCUT2D eigenvalue weighted by atomic mass is 32.2. The second-order valence-electron chi connectivity index (χ2n) is 7.79. The molecular formula is C22H24F2N2O5S. The molecule has 0 saturated carbocycles. The summed E-state index contributed by atoms with van der Waals surface area (Å²) in [6, 6.07) is 5.31. The fourth-order valence-corrected chi connectivity index (χ4v) is 6.02. The predicted molar refractivity (Wildman–Crippen MR) is 114 cm³/mol. The Balaban J connectivity index is 1.69. The first-order chi connectivity index (χ1) is 15.0. The maximum absolute atomic E-state index is 13.3. The van der Waals surface area contributed by atoms with Gasteiger partial charge in [0.05, 0.1) is 4.90 Å². The van der Waals surface area contributed by atoms with Gasteiger partial charge >= 0.3 is 5.97 Å². The summed E-state index contributed by atoms with van der Waals surface area (Å²) >= 11 is 0. The lowest BCUT2D eigenvalue weighted by Gasteiger charge is -2.24. The Kier molecular flexibility index (Phi) is 6.94. The molecule has 1 saturated heterocycles. The Bertz CT molecular complexity index is 1140. The third kappa shape index (κ3) is 4.97. The molecule has 1 N–H and O–H groups in total. The summed E-state index contributed by atoms with van der Waals surface area (Å²) in [5.74, 6) is -3.79. The number of nitrogens with one attached hydrogen (secondary N) is 1. The number of esters is 1. The predicted octanol–water partition coefficient (Wildman–Crippen LogP) is 3.23. The fraction of sp³-hybridized carbons (Fsp3) is 0.364. The summed E-state index contributed by atoms with van der Waals surface area (Å²) in [6.07, 6.45) is 0.747. The lowest BCUT2D eigenvalue weighted by Crippen LogP contribution is -2.42. The van der Waals surface area contributed by atoms with Gasteiger partial charge in [0.1, 0.15) is 6.04 Å². The largest absolute Gasteiger partial charge is 0.454 e. The molecule has 32 heavy (non-hydrogen) atoms. The first-order valence-corrected chi connectivity index (χ1v) is 11.5. The number of halogens is 2. The molecule has 2 aromatic carbocycles. The molecule has 1 atom stereocenters. The Labute approximate surface area is 185 Å². The van der Waals surface area contributed by atoms with E-state index < -0.39 is 46.2 Å². The average molecular weight is 467 g/mol. The van der Waals surface area contributed by atoms with Crippen LogP contribution in [0.5, 0.6) is 0 Å². The van der Waals surface area contributed by atoms with Gasteiger partial charge in [0.2, 0.25) is 10.0 Å². The summed E-state index contributed by atoms with van der Waals surface area (Å²) in [5.41, 5.74) is 2.11. The minimum Gasteiger partial charge on any atom is -0.454 e. The van der Waals surface area contributed by atoms with Gasteiger partial charge in [0.15, 0.2) is 18.2 Å². The smallest absolute Gasteiger partial charge is 0.324 e. The van der Waals surface area contributed by atoms with Crippen LogP contribution in [0.3, 0.4) is 0 Å². The van der Waals surface area contributed by atoms with E-state index in [-0.39, 0.29) is 23.5 Å². The van der Waals surface area contributed by atoms with Gasteiger partial charge in [-0.2, -0.15) is 4.31 Å². The van der Waals surface area contributed by atoms with Crippen LogP contribution < -0.4 is 5.32 Å². The van der Waals surface area contributed by atoms with Gasteiger partial charge in [-0.1, -0.05) is 17.7 Å². The second kappa shape index (κ2) is 9.33. The van der Waals surface area contributed by atoms with Crippen molar-refractivity contribution in [2.24, 2.45) is 0 Å². The van der Waals surface area contributed by atoms with Gasteiger partial charge in [-0.25, -0.2) is 17.2 Å². The first kappa shape index (κ1) is 23.8. The van der Waals surface area contributed by atoms with Crippen LogP contribution in [-0.2, 0) is 24.3 Å². The second-order valence-corrected chi connectivity index (χ2v) is 9.61. The maximum Gasteiger partial charge on any atom is 0.324 e. The minimum absolute atomic E-state index is 0.000316. The van der Waals surface area contributed by atoms with Gasteiger partial charge < -0.3 is 10.1 Å². The number of ether oxygens (including phenoxy) is 1. The number of carbonyl (C=O) groups is 2. The van der Waals surface area contributed by atoms with E-state index in [4.69, 9.17) is 4.74 Å². The molecule has 7 nitrogen and oxygen atoms in total. The van der Waals surface area contributed by atoms with E-state index in [2.05, 4.69) is 5.32 Å². The summed E-state index contributed by atoms with van der Waals surface area (Å²) < 4.78 is 59.0. The molecule has 0 radical (unpaired) electrons. The van der Waals surface area contributed by atoms with E-state index in [0.29, 0.717) is 17.5 Å². The van der Waals surface area contributed by atoms with Crippen LogP contribution >= 0.6 is 0 Å². The molecule has 0 aliphatic carbocycles. The molecular weight excluding hydrogens is 442 g/mol. The van der Waals surface area contributed by atoms with Crippen molar-refractivity contribution in [2.45, 2.75) is 44.6 Å². The number of rotatable bonds is 6. The molecule has 1 unspecified atom stereocenters. The number of amides is 1. The maximum atomic E-state index is 13.3. The highest BCUT2D eigenvalue weighted by molar-refractivity contribution is 7.89. The molecule has 0 spiro atoms. The molecule has 1 aliphatic heterocycles. The lowest BCUT2D eigenvalue weighted by atomic mass is 10.1. The summed E-state index contributed by atoms with van der Waals surface area (Å²) in [5, 5.41) is 2.29. The number of nitrogens with zero attached hydrogens (tertiary/aromatic N) is 1. The number of hydrogen-bond acceptors (Lipinski definition) is 5. The van der Waals surface area contributed by atoms with E-state index in [0.717, 1.165) is 28.1 Å². The van der Waals surface area contributed by atoms with Crippen LogP contribution in [0.1, 0.15) is 29.5 Å². The van der Waals surface area contributed by atoms with E-state index in [1.807, 2.05) is 6.92 Å². The number of hydrogen-bond donors (Lipinski definition) is 1. The van der Waals surface area contributed by atoms with Crippen LogP contribution in [0, 0.1) is 32.4 Å². The molecule has 1 amide bonds. The van der Waals surface area contributed by atoms with E-state index in [1.54, 1.807) is 26.0 Å². The SMILES string of the molecule is Cc1cc(C)c(S(=O)(=O)N2CCCC2C(=O)OCC(=O)Nc2ccc(F)c(F)c2)c(C)c1. The van der Waals surface area contributed by atoms with Crippen molar-refractivity contribution in [3.05, 3.63) is 58.7 Å². The molecule has 172 valence electrons. The average Bonchev–Trinajstić information content (AvgIpc) is 3.19. The molecule has 1 fully saturated rings. The highest BCUT2D eigenvalue weighted by Gasteiger charge is 2.41. The zero-order valence-electron chi connectivity index (χ0n) is 17.9. The van der Waals surface area contributed by atoms with Crippen molar-refractivity contribution in [3.63, 3.8) is 0 Å². The molecule has 0 aromatic heterocycles. The molecule has 3 rings (SSSR count). The summed E-state index contributed by atoms with van der Waals surface area (Å²) in [4.78, 5) is 24.8. The van der Waals surface area contributed by atoms with Crippen molar-refractivity contribution in [3.8, 4) is 0 Å². The summed E-state index contributed by atoms with van der Waals surface area (Å²) in [6.45, 7) is 4.76. The third-order valence-electron chi connectivity index (χ3n) is 5.20.